The summed E-state index contributed by atoms with van der Waals surface area (Å²) in [5, 5.41) is 0. The van der Waals surface area contributed by atoms with E-state index in [9.17, 15) is 26.3 Å². The molecule has 1 nitrogen and oxygen atoms in total. The van der Waals surface area contributed by atoms with Gasteiger partial charge < -0.3 is 4.74 Å². The fraction of sp³-hybridized carbons (Fsp3) is 0.257. The van der Waals surface area contributed by atoms with E-state index in [2.05, 4.69) is 12.2 Å². The van der Waals surface area contributed by atoms with Crippen LogP contribution in [-0.4, -0.2) is 0 Å². The molecule has 230 valence electrons. The molecule has 44 heavy (non-hydrogen) atoms. The minimum absolute atomic E-state index is 0.127. The van der Waals surface area contributed by atoms with E-state index >= 15 is 8.78 Å². The summed E-state index contributed by atoms with van der Waals surface area (Å²) in [5.74, 6) is -8.38. The maximum Gasteiger partial charge on any atom is 0.432 e. The normalized spacial score (nSPS) is 17.3. The number of allylic oxidation sites excluding steroid dienone is 2. The molecule has 0 aromatic heterocycles. The van der Waals surface area contributed by atoms with E-state index in [-0.39, 0.29) is 22.6 Å². The van der Waals surface area contributed by atoms with Crippen LogP contribution in [0.25, 0.3) is 22.3 Å². The highest BCUT2D eigenvalue weighted by Crippen LogP contribution is 2.41. The summed E-state index contributed by atoms with van der Waals surface area (Å²) in [6.07, 6.45) is 3.96. The summed E-state index contributed by atoms with van der Waals surface area (Å²) in [7, 11) is 0. The SMILES string of the molecule is CCC=CC1CCC(c2cc(F)c(C(F)(F)Oc3ccc(-c4ccc(-c5cc(F)c(F)c(F)c5)c(F)c4)cc3)c(F)c2)CC1. The highest BCUT2D eigenvalue weighted by atomic mass is 19.3. The number of hydrogen-bond acceptors (Lipinski definition) is 1. The Morgan fingerprint density at radius 3 is 1.82 bits per heavy atom. The summed E-state index contributed by atoms with van der Waals surface area (Å²) < 4.78 is 120. The zero-order valence-electron chi connectivity index (χ0n) is 23.6. The van der Waals surface area contributed by atoms with E-state index in [1.807, 2.05) is 6.92 Å². The molecule has 1 aliphatic rings. The fourth-order valence-corrected chi connectivity index (χ4v) is 5.63. The minimum atomic E-state index is -4.33. The third kappa shape index (κ3) is 6.66. The lowest BCUT2D eigenvalue weighted by Crippen LogP contribution is -2.25. The standard InChI is InChI=1S/C35H28F8O/c1-2-3-4-20-5-7-22(8-6-20)24-16-29(37)33(30(38)17-24)35(42,43)44-26-12-9-21(10-13-26)23-11-14-27(28(36)15-23)25-18-31(39)34(41)32(40)19-25/h3-4,9-20,22H,2,5-8H2,1H3. The topological polar surface area (TPSA) is 9.23 Å². The highest BCUT2D eigenvalue weighted by molar-refractivity contribution is 5.71. The number of hydrogen-bond donors (Lipinski definition) is 0. The number of halogens is 8. The Labute approximate surface area is 249 Å². The van der Waals surface area contributed by atoms with Crippen molar-refractivity contribution >= 4 is 0 Å². The van der Waals surface area contributed by atoms with Gasteiger partial charge in [0.1, 0.15) is 28.8 Å². The van der Waals surface area contributed by atoms with Crippen LogP contribution in [0.15, 0.2) is 78.9 Å². The lowest BCUT2D eigenvalue weighted by Gasteiger charge is -2.28. The molecule has 9 heteroatoms. The maximum atomic E-state index is 15.0. The molecular formula is C35H28F8O. The summed E-state index contributed by atoms with van der Waals surface area (Å²) in [6, 6.07) is 11.9. The number of benzene rings is 4. The molecule has 0 atom stereocenters. The molecular weight excluding hydrogens is 588 g/mol. The van der Waals surface area contributed by atoms with Crippen molar-refractivity contribution in [3.05, 3.63) is 125 Å². The van der Waals surface area contributed by atoms with Gasteiger partial charge in [-0.25, -0.2) is 26.3 Å². The molecule has 1 saturated carbocycles. The third-order valence-electron chi connectivity index (χ3n) is 7.94. The van der Waals surface area contributed by atoms with E-state index < -0.39 is 52.3 Å². The van der Waals surface area contributed by atoms with E-state index in [1.165, 1.54) is 24.3 Å². The van der Waals surface area contributed by atoms with E-state index in [0.29, 0.717) is 42.0 Å². The third-order valence-corrected chi connectivity index (χ3v) is 7.94. The molecule has 0 N–H and O–H groups in total. The molecule has 1 fully saturated rings. The first-order valence-corrected chi connectivity index (χ1v) is 14.2. The molecule has 0 bridgehead atoms. The van der Waals surface area contributed by atoms with Gasteiger partial charge in [-0.3, -0.25) is 0 Å². The first-order valence-electron chi connectivity index (χ1n) is 14.2. The first kappa shape index (κ1) is 31.3. The van der Waals surface area contributed by atoms with Gasteiger partial charge >= 0.3 is 6.11 Å². The number of ether oxygens (including phenoxy) is 1. The van der Waals surface area contributed by atoms with Gasteiger partial charge in [0.15, 0.2) is 17.5 Å². The van der Waals surface area contributed by atoms with Gasteiger partial charge in [0.25, 0.3) is 0 Å². The van der Waals surface area contributed by atoms with Crippen LogP contribution in [0.2, 0.25) is 0 Å². The van der Waals surface area contributed by atoms with Gasteiger partial charge in [0, 0.05) is 5.56 Å². The van der Waals surface area contributed by atoms with Crippen LogP contribution in [0.1, 0.15) is 56.1 Å². The molecule has 0 unspecified atom stereocenters. The largest absolute Gasteiger partial charge is 0.432 e. The second-order valence-corrected chi connectivity index (χ2v) is 10.9. The van der Waals surface area contributed by atoms with Crippen LogP contribution in [0.4, 0.5) is 35.1 Å². The van der Waals surface area contributed by atoms with Crippen molar-refractivity contribution in [3.8, 4) is 28.0 Å². The van der Waals surface area contributed by atoms with E-state index in [0.717, 1.165) is 49.6 Å². The zero-order chi connectivity index (χ0) is 31.6. The summed E-state index contributed by atoms with van der Waals surface area (Å²) in [6.45, 7) is 2.04. The van der Waals surface area contributed by atoms with Crippen molar-refractivity contribution < 1.29 is 39.9 Å². The summed E-state index contributed by atoms with van der Waals surface area (Å²) in [4.78, 5) is 0. The lowest BCUT2D eigenvalue weighted by molar-refractivity contribution is -0.189. The molecule has 0 spiro atoms. The van der Waals surface area contributed by atoms with Crippen LogP contribution in [-0.2, 0) is 6.11 Å². The molecule has 5 rings (SSSR count). The van der Waals surface area contributed by atoms with Crippen molar-refractivity contribution in [1.29, 1.82) is 0 Å². The second-order valence-electron chi connectivity index (χ2n) is 10.9. The van der Waals surface area contributed by atoms with Crippen LogP contribution in [0, 0.1) is 40.8 Å². The molecule has 0 amide bonds. The molecule has 0 aliphatic heterocycles. The van der Waals surface area contributed by atoms with Crippen LogP contribution < -0.4 is 4.74 Å². The quantitative estimate of drug-likeness (QED) is 0.109. The summed E-state index contributed by atoms with van der Waals surface area (Å²) in [5.41, 5.74) is -0.889. The predicted molar refractivity (Wildman–Crippen MR) is 152 cm³/mol. The smallest absolute Gasteiger partial charge is 0.429 e. The lowest BCUT2D eigenvalue weighted by atomic mass is 9.78. The van der Waals surface area contributed by atoms with Gasteiger partial charge in [-0.05, 0) is 109 Å². The average molecular weight is 617 g/mol. The summed E-state index contributed by atoms with van der Waals surface area (Å²) >= 11 is 0. The minimum Gasteiger partial charge on any atom is -0.429 e. The molecule has 0 heterocycles. The molecule has 0 radical (unpaired) electrons. The van der Waals surface area contributed by atoms with Crippen molar-refractivity contribution in [3.63, 3.8) is 0 Å². The zero-order valence-corrected chi connectivity index (χ0v) is 23.6. The Bertz CT molecular complexity index is 1630. The van der Waals surface area contributed by atoms with Crippen molar-refractivity contribution in [2.75, 3.05) is 0 Å². The van der Waals surface area contributed by atoms with Gasteiger partial charge in [-0.1, -0.05) is 43.3 Å². The second kappa shape index (κ2) is 12.8. The first-order chi connectivity index (χ1) is 21.0. The number of alkyl halides is 2. The van der Waals surface area contributed by atoms with Crippen molar-refractivity contribution in [2.24, 2.45) is 5.92 Å². The Morgan fingerprint density at radius 2 is 1.25 bits per heavy atom. The Kier molecular flexibility index (Phi) is 9.13. The van der Waals surface area contributed by atoms with E-state index in [4.69, 9.17) is 4.74 Å². The monoisotopic (exact) mass is 616 g/mol. The highest BCUT2D eigenvalue weighted by Gasteiger charge is 2.41. The van der Waals surface area contributed by atoms with Gasteiger partial charge in [0.2, 0.25) is 0 Å². The Morgan fingerprint density at radius 1 is 0.682 bits per heavy atom. The molecule has 0 saturated heterocycles. The molecule has 4 aromatic carbocycles. The number of rotatable bonds is 8. The fourth-order valence-electron chi connectivity index (χ4n) is 5.63. The van der Waals surface area contributed by atoms with Crippen LogP contribution >= 0.6 is 0 Å². The maximum absolute atomic E-state index is 15.0. The van der Waals surface area contributed by atoms with Crippen LogP contribution in [0.5, 0.6) is 5.75 Å². The van der Waals surface area contributed by atoms with Crippen LogP contribution in [0.3, 0.4) is 0 Å². The molecule has 4 aromatic rings. The Hall–Kier alpha value is -4.14. The Balaban J connectivity index is 1.30. The van der Waals surface area contributed by atoms with Gasteiger partial charge in [-0.2, -0.15) is 8.78 Å². The van der Waals surface area contributed by atoms with Crippen molar-refractivity contribution in [2.45, 2.75) is 51.1 Å². The van der Waals surface area contributed by atoms with Crippen molar-refractivity contribution in [1.82, 2.24) is 0 Å². The van der Waals surface area contributed by atoms with Gasteiger partial charge in [-0.15, -0.1) is 0 Å². The average Bonchev–Trinajstić information content (AvgIpc) is 2.98. The van der Waals surface area contributed by atoms with Gasteiger partial charge in [0.05, 0.1) is 0 Å². The van der Waals surface area contributed by atoms with E-state index in [1.54, 1.807) is 0 Å². The molecule has 1 aliphatic carbocycles. The predicted octanol–water partition coefficient (Wildman–Crippen LogP) is 11.2.